The Morgan fingerprint density at radius 3 is 3.00 bits per heavy atom. The summed E-state index contributed by atoms with van der Waals surface area (Å²) >= 11 is 2.83. The maximum absolute atomic E-state index is 12.0. The quantitative estimate of drug-likeness (QED) is 0.904. The number of nitrogens with one attached hydrogen (secondary N) is 1. The molecular formula is C11H14N4OS2. The van der Waals surface area contributed by atoms with E-state index in [4.69, 9.17) is 5.73 Å². The van der Waals surface area contributed by atoms with Gasteiger partial charge in [-0.3, -0.25) is 4.79 Å². The maximum Gasteiger partial charge on any atom is 0.269 e. The summed E-state index contributed by atoms with van der Waals surface area (Å²) in [6, 6.07) is 1.85. The first-order valence-electron chi connectivity index (χ1n) is 5.42. The van der Waals surface area contributed by atoms with Gasteiger partial charge in [-0.25, -0.2) is 4.98 Å². The highest BCUT2D eigenvalue weighted by Crippen LogP contribution is 2.28. The number of thiophene rings is 1. The second-order valence-corrected chi connectivity index (χ2v) is 5.45. The number of nitrogens with zero attached hydrogens (tertiary/aromatic N) is 2. The summed E-state index contributed by atoms with van der Waals surface area (Å²) in [5, 5.41) is 7.32. The first kappa shape index (κ1) is 12.8. The van der Waals surface area contributed by atoms with Gasteiger partial charge in [-0.1, -0.05) is 11.3 Å². The van der Waals surface area contributed by atoms with Crippen LogP contribution >= 0.6 is 22.7 Å². The summed E-state index contributed by atoms with van der Waals surface area (Å²) in [7, 11) is 1.92. The third-order valence-electron chi connectivity index (χ3n) is 2.43. The number of nitrogen functional groups attached to an aromatic ring is 1. The first-order valence-corrected chi connectivity index (χ1v) is 7.18. The second-order valence-electron chi connectivity index (χ2n) is 3.69. The minimum Gasteiger partial charge on any atom is -0.382 e. The van der Waals surface area contributed by atoms with Gasteiger partial charge in [0.25, 0.3) is 5.91 Å². The summed E-state index contributed by atoms with van der Waals surface area (Å²) in [6.07, 6.45) is 0. The molecule has 0 aliphatic heterocycles. The van der Waals surface area contributed by atoms with Crippen LogP contribution in [0.25, 0.3) is 0 Å². The molecule has 2 aromatic heterocycles. The SMILES string of the molecule is CCN(C)c1nc(N)c(C(=O)Nc2ccsc2)s1. The average Bonchev–Trinajstić information content (AvgIpc) is 2.97. The fourth-order valence-corrected chi connectivity index (χ4v) is 2.80. The molecule has 2 heterocycles. The zero-order valence-corrected chi connectivity index (χ0v) is 11.8. The monoisotopic (exact) mass is 282 g/mol. The van der Waals surface area contributed by atoms with Crippen LogP contribution in [0.5, 0.6) is 0 Å². The summed E-state index contributed by atoms with van der Waals surface area (Å²) in [4.78, 5) is 18.6. The second kappa shape index (κ2) is 5.36. The van der Waals surface area contributed by atoms with Crippen LogP contribution in [0.1, 0.15) is 16.6 Å². The van der Waals surface area contributed by atoms with E-state index in [9.17, 15) is 4.79 Å². The predicted octanol–water partition coefficient (Wildman–Crippen LogP) is 2.50. The smallest absolute Gasteiger partial charge is 0.269 e. The molecule has 2 rings (SSSR count). The molecule has 0 aliphatic rings. The van der Waals surface area contributed by atoms with Gasteiger partial charge >= 0.3 is 0 Å². The van der Waals surface area contributed by atoms with Crippen molar-refractivity contribution in [3.05, 3.63) is 21.7 Å². The van der Waals surface area contributed by atoms with E-state index in [1.807, 2.05) is 35.7 Å². The van der Waals surface area contributed by atoms with E-state index in [2.05, 4.69) is 10.3 Å². The lowest BCUT2D eigenvalue weighted by molar-refractivity contribution is 0.103. The van der Waals surface area contributed by atoms with Crippen LogP contribution in [0.2, 0.25) is 0 Å². The minimum absolute atomic E-state index is 0.209. The molecule has 0 aliphatic carbocycles. The third-order valence-corrected chi connectivity index (χ3v) is 4.30. The topological polar surface area (TPSA) is 71.2 Å². The number of anilines is 3. The molecule has 18 heavy (non-hydrogen) atoms. The van der Waals surface area contributed by atoms with E-state index in [-0.39, 0.29) is 11.7 Å². The Labute approximate surface area is 113 Å². The van der Waals surface area contributed by atoms with Crippen molar-refractivity contribution < 1.29 is 4.79 Å². The molecule has 0 aromatic carbocycles. The molecule has 0 saturated heterocycles. The zero-order chi connectivity index (χ0) is 13.1. The molecule has 3 N–H and O–H groups in total. The Kier molecular flexibility index (Phi) is 3.83. The van der Waals surface area contributed by atoms with E-state index in [0.717, 1.165) is 17.4 Å². The molecule has 1 amide bonds. The first-order chi connectivity index (χ1) is 8.61. The number of carbonyl (C=O) groups excluding carboxylic acids is 1. The van der Waals surface area contributed by atoms with Crippen LogP contribution in [0, 0.1) is 0 Å². The Bertz CT molecular complexity index is 535. The normalized spacial score (nSPS) is 10.3. The molecule has 96 valence electrons. The summed E-state index contributed by atoms with van der Waals surface area (Å²) in [5.74, 6) is 0.0715. The fourth-order valence-electron chi connectivity index (χ4n) is 1.30. The van der Waals surface area contributed by atoms with Gasteiger partial charge < -0.3 is 16.0 Å². The molecule has 5 nitrogen and oxygen atoms in total. The molecule has 0 bridgehead atoms. The lowest BCUT2D eigenvalue weighted by atomic mass is 10.4. The molecule has 0 radical (unpaired) electrons. The van der Waals surface area contributed by atoms with Crippen LogP contribution < -0.4 is 16.0 Å². The van der Waals surface area contributed by atoms with Gasteiger partial charge in [-0.15, -0.1) is 0 Å². The molecule has 0 spiro atoms. The van der Waals surface area contributed by atoms with E-state index < -0.39 is 0 Å². The van der Waals surface area contributed by atoms with Crippen LogP contribution in [-0.4, -0.2) is 24.5 Å². The van der Waals surface area contributed by atoms with Crippen molar-refractivity contribution >= 4 is 45.2 Å². The van der Waals surface area contributed by atoms with Crippen LogP contribution in [0.15, 0.2) is 16.8 Å². The highest BCUT2D eigenvalue weighted by atomic mass is 32.1. The van der Waals surface area contributed by atoms with Crippen LogP contribution in [-0.2, 0) is 0 Å². The highest BCUT2D eigenvalue weighted by molar-refractivity contribution is 7.18. The van der Waals surface area contributed by atoms with Gasteiger partial charge in [0.2, 0.25) is 0 Å². The number of carbonyl (C=O) groups is 1. The molecule has 0 saturated carbocycles. The van der Waals surface area contributed by atoms with Crippen molar-refractivity contribution in [2.45, 2.75) is 6.92 Å². The van der Waals surface area contributed by atoms with Crippen LogP contribution in [0.4, 0.5) is 16.6 Å². The van der Waals surface area contributed by atoms with E-state index in [1.54, 1.807) is 0 Å². The van der Waals surface area contributed by atoms with Crippen molar-refractivity contribution in [3.8, 4) is 0 Å². The van der Waals surface area contributed by atoms with E-state index in [0.29, 0.717) is 4.88 Å². The Morgan fingerprint density at radius 1 is 1.61 bits per heavy atom. The summed E-state index contributed by atoms with van der Waals surface area (Å²) < 4.78 is 0. The average molecular weight is 282 g/mol. The zero-order valence-electron chi connectivity index (χ0n) is 10.1. The number of hydrogen-bond acceptors (Lipinski definition) is 6. The van der Waals surface area contributed by atoms with Gasteiger partial charge in [0.1, 0.15) is 10.7 Å². The Balaban J connectivity index is 2.17. The molecule has 0 atom stereocenters. The number of thiazole rings is 1. The molecular weight excluding hydrogens is 268 g/mol. The van der Waals surface area contributed by atoms with Crippen molar-refractivity contribution in [2.75, 3.05) is 29.5 Å². The van der Waals surface area contributed by atoms with Crippen molar-refractivity contribution in [1.82, 2.24) is 4.98 Å². The lowest BCUT2D eigenvalue weighted by Crippen LogP contribution is -2.15. The van der Waals surface area contributed by atoms with Crippen LogP contribution in [0.3, 0.4) is 0 Å². The van der Waals surface area contributed by atoms with Gasteiger partial charge in [-0.2, -0.15) is 11.3 Å². The number of amides is 1. The summed E-state index contributed by atoms with van der Waals surface area (Å²) in [6.45, 7) is 2.83. The number of rotatable bonds is 4. The highest BCUT2D eigenvalue weighted by Gasteiger charge is 2.17. The van der Waals surface area contributed by atoms with Gasteiger partial charge in [0.15, 0.2) is 5.13 Å². The van der Waals surface area contributed by atoms with Gasteiger partial charge in [0.05, 0.1) is 5.69 Å². The molecule has 2 aromatic rings. The Morgan fingerprint density at radius 2 is 2.39 bits per heavy atom. The number of hydrogen-bond donors (Lipinski definition) is 2. The molecule has 7 heteroatoms. The molecule has 0 fully saturated rings. The molecule has 0 unspecified atom stereocenters. The van der Waals surface area contributed by atoms with Crippen molar-refractivity contribution in [3.63, 3.8) is 0 Å². The third kappa shape index (κ3) is 2.62. The van der Waals surface area contributed by atoms with Gasteiger partial charge in [0, 0.05) is 19.0 Å². The Hall–Kier alpha value is -1.60. The number of nitrogens with two attached hydrogens (primary N) is 1. The van der Waals surface area contributed by atoms with Gasteiger partial charge in [-0.05, 0) is 18.4 Å². The lowest BCUT2D eigenvalue weighted by Gasteiger charge is -2.10. The van der Waals surface area contributed by atoms with E-state index >= 15 is 0 Å². The van der Waals surface area contributed by atoms with E-state index in [1.165, 1.54) is 22.7 Å². The predicted molar refractivity (Wildman–Crippen MR) is 77.7 cm³/mol. The van der Waals surface area contributed by atoms with Crippen molar-refractivity contribution in [2.24, 2.45) is 0 Å². The number of aromatic nitrogens is 1. The van der Waals surface area contributed by atoms with Crippen molar-refractivity contribution in [1.29, 1.82) is 0 Å². The largest absolute Gasteiger partial charge is 0.382 e. The maximum atomic E-state index is 12.0. The minimum atomic E-state index is -0.209. The summed E-state index contributed by atoms with van der Waals surface area (Å²) in [5.41, 5.74) is 6.56. The standard InChI is InChI=1S/C11H14N4OS2/c1-3-15(2)11-14-9(12)8(18-11)10(16)13-7-4-5-17-6-7/h4-6H,3,12H2,1-2H3,(H,13,16). The fraction of sp³-hybridized carbons (Fsp3) is 0.273.